The van der Waals surface area contributed by atoms with Gasteiger partial charge in [-0.3, -0.25) is 4.79 Å². The van der Waals surface area contributed by atoms with Crippen molar-refractivity contribution in [3.8, 4) is 5.75 Å². The van der Waals surface area contributed by atoms with Gasteiger partial charge in [-0.2, -0.15) is 0 Å². The fourth-order valence-corrected chi connectivity index (χ4v) is 2.62. The van der Waals surface area contributed by atoms with Crippen LogP contribution in [0, 0.1) is 5.92 Å². The third-order valence-corrected chi connectivity index (χ3v) is 4.00. The third-order valence-electron chi connectivity index (χ3n) is 4.00. The second kappa shape index (κ2) is 8.79. The molecule has 1 aromatic carbocycles. The highest BCUT2D eigenvalue weighted by molar-refractivity contribution is 5.76. The highest BCUT2D eigenvalue weighted by Crippen LogP contribution is 2.18. The van der Waals surface area contributed by atoms with Crippen LogP contribution in [-0.4, -0.2) is 25.1 Å². The Bertz CT molecular complexity index is 468. The quantitative estimate of drug-likeness (QED) is 0.776. The molecule has 2 rings (SSSR count). The summed E-state index contributed by atoms with van der Waals surface area (Å²) in [7, 11) is 0. The van der Waals surface area contributed by atoms with Crippen LogP contribution >= 0.6 is 0 Å². The molecule has 4 nitrogen and oxygen atoms in total. The van der Waals surface area contributed by atoms with Crippen molar-refractivity contribution in [1.82, 2.24) is 10.6 Å². The minimum atomic E-state index is 0.108. The Balaban J connectivity index is 1.79. The zero-order chi connectivity index (χ0) is 15.8. The molecule has 0 radical (unpaired) electrons. The molecule has 1 unspecified atom stereocenters. The Morgan fingerprint density at radius 2 is 2.23 bits per heavy atom. The SMILES string of the molecule is CC(C)CCOc1ccccc1CNC(=O)CC1CCCN1. The molecule has 1 heterocycles. The van der Waals surface area contributed by atoms with Crippen molar-refractivity contribution >= 4 is 5.91 Å². The molecule has 22 heavy (non-hydrogen) atoms. The summed E-state index contributed by atoms with van der Waals surface area (Å²) in [4.78, 5) is 12.0. The Labute approximate surface area is 133 Å². The van der Waals surface area contributed by atoms with Gasteiger partial charge in [0.25, 0.3) is 0 Å². The topological polar surface area (TPSA) is 50.4 Å². The number of amides is 1. The molecule has 0 bridgehead atoms. The van der Waals surface area contributed by atoms with Crippen molar-refractivity contribution in [2.45, 2.75) is 52.1 Å². The summed E-state index contributed by atoms with van der Waals surface area (Å²) in [6, 6.07) is 8.28. The maximum atomic E-state index is 12.0. The van der Waals surface area contributed by atoms with Gasteiger partial charge in [-0.15, -0.1) is 0 Å². The molecule has 0 saturated carbocycles. The maximum absolute atomic E-state index is 12.0. The van der Waals surface area contributed by atoms with E-state index in [1.54, 1.807) is 0 Å². The first-order valence-electron chi connectivity index (χ1n) is 8.36. The van der Waals surface area contributed by atoms with Crippen LogP contribution in [0.25, 0.3) is 0 Å². The van der Waals surface area contributed by atoms with Crippen LogP contribution in [0.2, 0.25) is 0 Å². The molecular formula is C18H28N2O2. The van der Waals surface area contributed by atoms with Gasteiger partial charge in [0.1, 0.15) is 5.75 Å². The van der Waals surface area contributed by atoms with E-state index in [2.05, 4.69) is 24.5 Å². The van der Waals surface area contributed by atoms with Crippen molar-refractivity contribution in [1.29, 1.82) is 0 Å². The lowest BCUT2D eigenvalue weighted by Gasteiger charge is -2.14. The van der Waals surface area contributed by atoms with E-state index in [4.69, 9.17) is 4.74 Å². The van der Waals surface area contributed by atoms with Gasteiger partial charge in [0.05, 0.1) is 6.61 Å². The van der Waals surface area contributed by atoms with Gasteiger partial charge >= 0.3 is 0 Å². The van der Waals surface area contributed by atoms with E-state index in [0.717, 1.165) is 30.7 Å². The standard InChI is InChI=1S/C18H28N2O2/c1-14(2)9-11-22-17-8-4-3-6-15(17)13-20-18(21)12-16-7-5-10-19-16/h3-4,6,8,14,16,19H,5,7,9-13H2,1-2H3,(H,20,21). The molecule has 2 N–H and O–H groups in total. The molecule has 0 aliphatic carbocycles. The Morgan fingerprint density at radius 1 is 1.41 bits per heavy atom. The van der Waals surface area contributed by atoms with Gasteiger partial charge in [-0.05, 0) is 37.8 Å². The summed E-state index contributed by atoms with van der Waals surface area (Å²) in [5.74, 6) is 1.62. The molecule has 1 saturated heterocycles. The minimum Gasteiger partial charge on any atom is -0.493 e. The lowest BCUT2D eigenvalue weighted by molar-refractivity contribution is -0.121. The van der Waals surface area contributed by atoms with E-state index in [0.29, 0.717) is 31.5 Å². The number of hydrogen-bond acceptors (Lipinski definition) is 3. The van der Waals surface area contributed by atoms with Crippen LogP contribution in [0.4, 0.5) is 0 Å². The van der Waals surface area contributed by atoms with E-state index >= 15 is 0 Å². The Kier molecular flexibility index (Phi) is 6.72. The summed E-state index contributed by atoms with van der Waals surface area (Å²) >= 11 is 0. The molecule has 4 heteroatoms. The normalized spacial score (nSPS) is 17.7. The number of para-hydroxylation sites is 1. The number of ether oxygens (including phenoxy) is 1. The number of benzene rings is 1. The van der Waals surface area contributed by atoms with Gasteiger partial charge in [-0.1, -0.05) is 32.0 Å². The van der Waals surface area contributed by atoms with Crippen LogP contribution in [0.5, 0.6) is 5.75 Å². The summed E-state index contributed by atoms with van der Waals surface area (Å²) in [5.41, 5.74) is 1.04. The monoisotopic (exact) mass is 304 g/mol. The molecular weight excluding hydrogens is 276 g/mol. The summed E-state index contributed by atoms with van der Waals surface area (Å²) in [6.45, 7) is 6.65. The molecule has 0 aromatic heterocycles. The molecule has 1 aliphatic rings. The van der Waals surface area contributed by atoms with Crippen LogP contribution in [0.3, 0.4) is 0 Å². The maximum Gasteiger partial charge on any atom is 0.221 e. The number of hydrogen-bond donors (Lipinski definition) is 2. The van der Waals surface area contributed by atoms with Gasteiger partial charge in [0.2, 0.25) is 5.91 Å². The highest BCUT2D eigenvalue weighted by Gasteiger charge is 2.17. The fraction of sp³-hybridized carbons (Fsp3) is 0.611. The smallest absolute Gasteiger partial charge is 0.221 e. The average Bonchev–Trinajstić information content (AvgIpc) is 2.99. The number of nitrogens with one attached hydrogen (secondary N) is 2. The predicted molar refractivity (Wildman–Crippen MR) is 88.9 cm³/mol. The first kappa shape index (κ1) is 16.8. The van der Waals surface area contributed by atoms with Crippen LogP contribution in [0.15, 0.2) is 24.3 Å². The number of carbonyl (C=O) groups excluding carboxylic acids is 1. The minimum absolute atomic E-state index is 0.108. The van der Waals surface area contributed by atoms with Crippen molar-refractivity contribution in [2.75, 3.05) is 13.2 Å². The van der Waals surface area contributed by atoms with Crippen LogP contribution < -0.4 is 15.4 Å². The van der Waals surface area contributed by atoms with Gasteiger partial charge < -0.3 is 15.4 Å². The summed E-state index contributed by atoms with van der Waals surface area (Å²) in [5, 5.41) is 6.36. The third kappa shape index (κ3) is 5.68. The predicted octanol–water partition coefficient (Wildman–Crippen LogP) is 2.87. The summed E-state index contributed by atoms with van der Waals surface area (Å²) < 4.78 is 5.85. The molecule has 1 fully saturated rings. The highest BCUT2D eigenvalue weighted by atomic mass is 16.5. The lowest BCUT2D eigenvalue weighted by Crippen LogP contribution is -2.31. The Morgan fingerprint density at radius 3 is 2.95 bits per heavy atom. The van der Waals surface area contributed by atoms with E-state index in [1.807, 2.05) is 24.3 Å². The van der Waals surface area contributed by atoms with E-state index in [9.17, 15) is 4.79 Å². The molecule has 0 spiro atoms. The van der Waals surface area contributed by atoms with Crippen molar-refractivity contribution < 1.29 is 9.53 Å². The van der Waals surface area contributed by atoms with Crippen LogP contribution in [-0.2, 0) is 11.3 Å². The van der Waals surface area contributed by atoms with Crippen molar-refractivity contribution in [3.05, 3.63) is 29.8 Å². The molecule has 1 aliphatic heterocycles. The number of carbonyl (C=O) groups is 1. The van der Waals surface area contributed by atoms with Gasteiger partial charge in [-0.25, -0.2) is 0 Å². The second-order valence-electron chi connectivity index (χ2n) is 6.41. The molecule has 1 amide bonds. The Hall–Kier alpha value is -1.55. The van der Waals surface area contributed by atoms with E-state index in [1.165, 1.54) is 6.42 Å². The average molecular weight is 304 g/mol. The summed E-state index contributed by atoms with van der Waals surface area (Å²) in [6.07, 6.45) is 3.87. The second-order valence-corrected chi connectivity index (χ2v) is 6.41. The lowest BCUT2D eigenvalue weighted by atomic mass is 10.1. The number of rotatable bonds is 8. The zero-order valence-corrected chi connectivity index (χ0v) is 13.7. The van der Waals surface area contributed by atoms with Crippen LogP contribution in [0.1, 0.15) is 45.1 Å². The van der Waals surface area contributed by atoms with E-state index in [-0.39, 0.29) is 5.91 Å². The molecule has 122 valence electrons. The largest absolute Gasteiger partial charge is 0.493 e. The molecule has 1 aromatic rings. The van der Waals surface area contributed by atoms with Crippen molar-refractivity contribution in [2.24, 2.45) is 5.92 Å². The zero-order valence-electron chi connectivity index (χ0n) is 13.7. The van der Waals surface area contributed by atoms with Gasteiger partial charge in [0.15, 0.2) is 0 Å². The first-order chi connectivity index (χ1) is 10.6. The van der Waals surface area contributed by atoms with E-state index < -0.39 is 0 Å². The van der Waals surface area contributed by atoms with Crippen molar-refractivity contribution in [3.63, 3.8) is 0 Å². The van der Waals surface area contributed by atoms with Gasteiger partial charge in [0, 0.05) is 24.6 Å². The molecule has 1 atom stereocenters. The fourth-order valence-electron chi connectivity index (χ4n) is 2.62. The first-order valence-corrected chi connectivity index (χ1v) is 8.36.